The maximum absolute atomic E-state index is 4.69. The van der Waals surface area contributed by atoms with Gasteiger partial charge < -0.3 is 4.98 Å². The number of aromatic amines is 1. The third-order valence-electron chi connectivity index (χ3n) is 3.28. The molecular formula is C16H15BrN2. The summed E-state index contributed by atoms with van der Waals surface area (Å²) >= 11 is 3.52. The van der Waals surface area contributed by atoms with Gasteiger partial charge in [-0.1, -0.05) is 45.8 Å². The van der Waals surface area contributed by atoms with Crippen LogP contribution in [0.1, 0.15) is 22.5 Å². The van der Waals surface area contributed by atoms with Gasteiger partial charge in [0.2, 0.25) is 0 Å². The van der Waals surface area contributed by atoms with Gasteiger partial charge in [0, 0.05) is 10.9 Å². The highest BCUT2D eigenvalue weighted by Gasteiger charge is 2.07. The number of hydrogen-bond acceptors (Lipinski definition) is 1. The van der Waals surface area contributed by atoms with Gasteiger partial charge in [-0.2, -0.15) is 0 Å². The van der Waals surface area contributed by atoms with Gasteiger partial charge in [0.25, 0.3) is 0 Å². The fourth-order valence-corrected chi connectivity index (χ4v) is 2.85. The van der Waals surface area contributed by atoms with Crippen LogP contribution in [0.2, 0.25) is 0 Å². The third-order valence-corrected chi connectivity index (χ3v) is 3.74. The molecule has 0 atom stereocenters. The molecule has 0 aliphatic carbocycles. The summed E-state index contributed by atoms with van der Waals surface area (Å²) < 4.78 is 1.09. The van der Waals surface area contributed by atoms with Gasteiger partial charge in [0.15, 0.2) is 0 Å². The first-order valence-electron chi connectivity index (χ1n) is 6.32. The number of aryl methyl sites for hydroxylation is 2. The molecule has 0 radical (unpaired) electrons. The number of H-pyrrole nitrogens is 1. The van der Waals surface area contributed by atoms with Crippen LogP contribution in [0.4, 0.5) is 0 Å². The molecule has 0 amide bonds. The fraction of sp³-hybridized carbons (Fsp3) is 0.188. The second kappa shape index (κ2) is 4.82. The van der Waals surface area contributed by atoms with Crippen LogP contribution in [0.25, 0.3) is 11.0 Å². The van der Waals surface area contributed by atoms with E-state index >= 15 is 0 Å². The largest absolute Gasteiger partial charge is 0.342 e. The Labute approximate surface area is 121 Å². The molecule has 0 saturated heterocycles. The Hall–Kier alpha value is -1.61. The molecule has 19 heavy (non-hydrogen) atoms. The summed E-state index contributed by atoms with van der Waals surface area (Å²) in [4.78, 5) is 8.09. The number of halogens is 1. The lowest BCUT2D eigenvalue weighted by atomic mass is 10.1. The Bertz CT molecular complexity index is 726. The normalized spacial score (nSPS) is 11.1. The van der Waals surface area contributed by atoms with E-state index in [4.69, 9.17) is 4.98 Å². The van der Waals surface area contributed by atoms with E-state index in [0.29, 0.717) is 0 Å². The summed E-state index contributed by atoms with van der Waals surface area (Å²) in [5.41, 5.74) is 5.91. The topological polar surface area (TPSA) is 28.7 Å². The second-order valence-electron chi connectivity index (χ2n) is 4.96. The number of rotatable bonds is 2. The van der Waals surface area contributed by atoms with Crippen LogP contribution in [0.5, 0.6) is 0 Å². The minimum absolute atomic E-state index is 0.839. The van der Waals surface area contributed by atoms with Crippen molar-refractivity contribution in [3.8, 4) is 0 Å². The Morgan fingerprint density at radius 3 is 2.58 bits per heavy atom. The second-order valence-corrected chi connectivity index (χ2v) is 5.88. The van der Waals surface area contributed by atoms with E-state index in [2.05, 4.69) is 71.2 Å². The molecule has 1 aromatic heterocycles. The molecule has 3 aromatic rings. The first-order valence-corrected chi connectivity index (χ1v) is 7.11. The van der Waals surface area contributed by atoms with E-state index < -0.39 is 0 Å². The van der Waals surface area contributed by atoms with Crippen LogP contribution in [-0.4, -0.2) is 9.97 Å². The number of benzene rings is 2. The van der Waals surface area contributed by atoms with Crippen LogP contribution in [0.3, 0.4) is 0 Å². The number of nitrogens with zero attached hydrogens (tertiary/aromatic N) is 1. The van der Waals surface area contributed by atoms with E-state index in [1.807, 2.05) is 0 Å². The smallest absolute Gasteiger partial charge is 0.111 e. The van der Waals surface area contributed by atoms with Gasteiger partial charge in [-0.15, -0.1) is 0 Å². The standard InChI is InChI=1S/C16H15BrN2/c1-10-3-5-12(6-4-10)8-15-18-14-9-13(17)7-11(2)16(14)19-15/h3-7,9H,8H2,1-2H3,(H,18,19). The molecule has 0 aliphatic rings. The highest BCUT2D eigenvalue weighted by molar-refractivity contribution is 9.10. The van der Waals surface area contributed by atoms with Crippen molar-refractivity contribution in [2.45, 2.75) is 20.3 Å². The molecule has 1 heterocycles. The van der Waals surface area contributed by atoms with Crippen LogP contribution in [-0.2, 0) is 6.42 Å². The number of imidazole rings is 1. The molecule has 0 unspecified atom stereocenters. The molecule has 1 N–H and O–H groups in total. The summed E-state index contributed by atoms with van der Waals surface area (Å²) in [5.74, 6) is 1.01. The maximum Gasteiger partial charge on any atom is 0.111 e. The lowest BCUT2D eigenvalue weighted by molar-refractivity contribution is 1.04. The summed E-state index contributed by atoms with van der Waals surface area (Å²) in [6.07, 6.45) is 0.839. The van der Waals surface area contributed by atoms with Crippen molar-refractivity contribution in [1.82, 2.24) is 9.97 Å². The quantitative estimate of drug-likeness (QED) is 0.739. The van der Waals surface area contributed by atoms with Crippen LogP contribution < -0.4 is 0 Å². The Balaban J connectivity index is 1.97. The average Bonchev–Trinajstić information content (AvgIpc) is 2.75. The van der Waals surface area contributed by atoms with E-state index in [0.717, 1.165) is 27.8 Å². The molecule has 0 fully saturated rings. The first kappa shape index (κ1) is 12.4. The molecule has 3 rings (SSSR count). The Kier molecular flexibility index (Phi) is 3.15. The number of fused-ring (bicyclic) bond motifs is 1. The number of aromatic nitrogens is 2. The Morgan fingerprint density at radius 2 is 1.84 bits per heavy atom. The SMILES string of the molecule is Cc1ccc(Cc2nc3c(C)cc(Br)cc3[nH]2)cc1. The van der Waals surface area contributed by atoms with Crippen molar-refractivity contribution < 1.29 is 0 Å². The molecular weight excluding hydrogens is 300 g/mol. The zero-order chi connectivity index (χ0) is 13.4. The predicted molar refractivity (Wildman–Crippen MR) is 82.5 cm³/mol. The van der Waals surface area contributed by atoms with Gasteiger partial charge in [-0.25, -0.2) is 4.98 Å². The average molecular weight is 315 g/mol. The number of nitrogens with one attached hydrogen (secondary N) is 1. The first-order chi connectivity index (χ1) is 9.11. The zero-order valence-corrected chi connectivity index (χ0v) is 12.6. The highest BCUT2D eigenvalue weighted by atomic mass is 79.9. The van der Waals surface area contributed by atoms with Crippen molar-refractivity contribution in [1.29, 1.82) is 0 Å². The van der Waals surface area contributed by atoms with Gasteiger partial charge in [0.05, 0.1) is 11.0 Å². The minimum Gasteiger partial charge on any atom is -0.342 e. The molecule has 0 saturated carbocycles. The highest BCUT2D eigenvalue weighted by Crippen LogP contribution is 2.22. The molecule has 0 aliphatic heterocycles. The van der Waals surface area contributed by atoms with Crippen molar-refractivity contribution in [3.05, 3.63) is 63.4 Å². The van der Waals surface area contributed by atoms with E-state index in [-0.39, 0.29) is 0 Å². The van der Waals surface area contributed by atoms with E-state index in [1.54, 1.807) is 0 Å². The van der Waals surface area contributed by atoms with E-state index in [1.165, 1.54) is 16.7 Å². The molecule has 0 bridgehead atoms. The van der Waals surface area contributed by atoms with Gasteiger partial charge in [-0.3, -0.25) is 0 Å². The summed E-state index contributed by atoms with van der Waals surface area (Å²) in [6, 6.07) is 12.8. The fourth-order valence-electron chi connectivity index (χ4n) is 2.28. The summed E-state index contributed by atoms with van der Waals surface area (Å²) in [5, 5.41) is 0. The predicted octanol–water partition coefficient (Wildman–Crippen LogP) is 4.53. The lowest BCUT2D eigenvalue weighted by Crippen LogP contribution is -1.90. The minimum atomic E-state index is 0.839. The van der Waals surface area contributed by atoms with Gasteiger partial charge in [0.1, 0.15) is 5.82 Å². The molecule has 0 spiro atoms. The molecule has 3 heteroatoms. The summed E-state index contributed by atoms with van der Waals surface area (Å²) in [7, 11) is 0. The monoisotopic (exact) mass is 314 g/mol. The van der Waals surface area contributed by atoms with Crippen molar-refractivity contribution in [2.24, 2.45) is 0 Å². The van der Waals surface area contributed by atoms with Crippen LogP contribution >= 0.6 is 15.9 Å². The lowest BCUT2D eigenvalue weighted by Gasteiger charge is -1.98. The van der Waals surface area contributed by atoms with Crippen molar-refractivity contribution in [3.63, 3.8) is 0 Å². The molecule has 2 nitrogen and oxygen atoms in total. The summed E-state index contributed by atoms with van der Waals surface area (Å²) in [6.45, 7) is 4.19. The van der Waals surface area contributed by atoms with Crippen LogP contribution in [0.15, 0.2) is 40.9 Å². The number of hydrogen-bond donors (Lipinski definition) is 1. The van der Waals surface area contributed by atoms with Crippen LogP contribution in [0, 0.1) is 13.8 Å². The molecule has 2 aromatic carbocycles. The van der Waals surface area contributed by atoms with Crippen molar-refractivity contribution >= 4 is 27.0 Å². The van der Waals surface area contributed by atoms with Gasteiger partial charge in [-0.05, 0) is 37.1 Å². The third kappa shape index (κ3) is 2.56. The molecule has 96 valence electrons. The Morgan fingerprint density at radius 1 is 1.11 bits per heavy atom. The zero-order valence-electron chi connectivity index (χ0n) is 11.0. The van der Waals surface area contributed by atoms with Gasteiger partial charge >= 0.3 is 0 Å². The maximum atomic E-state index is 4.69. The van der Waals surface area contributed by atoms with E-state index in [9.17, 15) is 0 Å². The van der Waals surface area contributed by atoms with Crippen molar-refractivity contribution in [2.75, 3.05) is 0 Å².